The lowest BCUT2D eigenvalue weighted by Crippen LogP contribution is -2.37. The first-order valence-corrected chi connectivity index (χ1v) is 5.94. The van der Waals surface area contributed by atoms with Crippen LogP contribution in [0.3, 0.4) is 0 Å². The van der Waals surface area contributed by atoms with Gasteiger partial charge in [-0.1, -0.05) is 12.1 Å². The number of nitrogens with two attached hydrogens (primary N) is 1. The van der Waals surface area contributed by atoms with Crippen molar-refractivity contribution in [2.24, 2.45) is 5.84 Å². The van der Waals surface area contributed by atoms with Crippen LogP contribution in [0.15, 0.2) is 6.20 Å². The van der Waals surface area contributed by atoms with E-state index in [-0.39, 0.29) is 11.6 Å². The van der Waals surface area contributed by atoms with Gasteiger partial charge in [-0.3, -0.25) is 24.6 Å². The molecule has 0 radical (unpaired) electrons. The number of nitrogens with one attached hydrogen (secondary N) is 2. The Bertz CT molecular complexity index is 431. The molecule has 0 fully saturated rings. The maximum atomic E-state index is 11.3. The van der Waals surface area contributed by atoms with Crippen molar-refractivity contribution in [1.82, 2.24) is 30.6 Å². The van der Waals surface area contributed by atoms with Crippen LogP contribution in [-0.2, 0) is 11.3 Å². The zero-order valence-corrected chi connectivity index (χ0v) is 11.1. The van der Waals surface area contributed by atoms with Crippen LogP contribution in [0, 0.1) is 0 Å². The lowest BCUT2D eigenvalue weighted by Gasteiger charge is -2.18. The number of hydrazine groups is 1. The lowest BCUT2D eigenvalue weighted by atomic mass is 10.4. The Morgan fingerprint density at radius 1 is 1.53 bits per heavy atom. The number of carbonyl (C=O) groups is 2. The second kappa shape index (κ2) is 7.44. The standard InChI is InChI=1S/C10H19N7O2/c1-3-16(7-9(18)12-2)4-5-17-6-8(14-15-17)10(19)13-11/h6H,3-5,7,11H2,1-2H3,(H,12,18)(H,13,19). The van der Waals surface area contributed by atoms with Crippen molar-refractivity contribution < 1.29 is 9.59 Å². The first kappa shape index (κ1) is 15.1. The molecular formula is C10H19N7O2. The van der Waals surface area contributed by atoms with E-state index in [1.807, 2.05) is 17.2 Å². The van der Waals surface area contributed by atoms with Crippen molar-refractivity contribution in [2.75, 3.05) is 26.7 Å². The Hall–Kier alpha value is -2.00. The number of aromatic nitrogens is 3. The molecule has 1 rings (SSSR count). The molecular weight excluding hydrogens is 250 g/mol. The highest BCUT2D eigenvalue weighted by molar-refractivity contribution is 5.91. The molecule has 1 aromatic rings. The van der Waals surface area contributed by atoms with E-state index in [2.05, 4.69) is 15.6 Å². The summed E-state index contributed by atoms with van der Waals surface area (Å²) in [5.74, 6) is 4.48. The maximum absolute atomic E-state index is 11.3. The van der Waals surface area contributed by atoms with Crippen molar-refractivity contribution in [2.45, 2.75) is 13.5 Å². The molecule has 0 spiro atoms. The smallest absolute Gasteiger partial charge is 0.287 e. The fraction of sp³-hybridized carbons (Fsp3) is 0.600. The Morgan fingerprint density at radius 2 is 2.26 bits per heavy atom. The number of nitrogen functional groups attached to an aromatic ring is 1. The third-order valence-corrected chi connectivity index (χ3v) is 2.64. The molecule has 1 aromatic heterocycles. The van der Waals surface area contributed by atoms with Crippen LogP contribution in [0.1, 0.15) is 17.4 Å². The van der Waals surface area contributed by atoms with Gasteiger partial charge in [-0.15, -0.1) is 5.10 Å². The molecule has 0 saturated heterocycles. The predicted molar refractivity (Wildman–Crippen MR) is 67.9 cm³/mol. The van der Waals surface area contributed by atoms with Crippen molar-refractivity contribution in [1.29, 1.82) is 0 Å². The topological polar surface area (TPSA) is 118 Å². The van der Waals surface area contributed by atoms with Crippen molar-refractivity contribution in [3.05, 3.63) is 11.9 Å². The summed E-state index contributed by atoms with van der Waals surface area (Å²) < 4.78 is 1.54. The lowest BCUT2D eigenvalue weighted by molar-refractivity contribution is -0.121. The van der Waals surface area contributed by atoms with Crippen molar-refractivity contribution in [3.8, 4) is 0 Å². The molecule has 0 bridgehead atoms. The quantitative estimate of drug-likeness (QED) is 0.298. The molecule has 9 nitrogen and oxygen atoms in total. The van der Waals surface area contributed by atoms with E-state index in [0.717, 1.165) is 6.54 Å². The summed E-state index contributed by atoms with van der Waals surface area (Å²) >= 11 is 0. The Morgan fingerprint density at radius 3 is 2.84 bits per heavy atom. The van der Waals surface area contributed by atoms with Gasteiger partial charge in [0.15, 0.2) is 5.69 Å². The summed E-state index contributed by atoms with van der Waals surface area (Å²) in [5, 5.41) is 10.1. The van der Waals surface area contributed by atoms with E-state index in [1.54, 1.807) is 7.05 Å². The summed E-state index contributed by atoms with van der Waals surface area (Å²) in [6.45, 7) is 4.22. The molecule has 4 N–H and O–H groups in total. The zero-order chi connectivity index (χ0) is 14.3. The fourth-order valence-corrected chi connectivity index (χ4v) is 1.46. The monoisotopic (exact) mass is 269 g/mol. The van der Waals surface area contributed by atoms with Gasteiger partial charge >= 0.3 is 0 Å². The average molecular weight is 269 g/mol. The minimum absolute atomic E-state index is 0.0383. The van der Waals surface area contributed by atoms with Crippen LogP contribution < -0.4 is 16.6 Å². The van der Waals surface area contributed by atoms with Crippen LogP contribution in [0.5, 0.6) is 0 Å². The van der Waals surface area contributed by atoms with Crippen LogP contribution in [0.25, 0.3) is 0 Å². The SMILES string of the molecule is CCN(CCn1cc(C(=O)NN)nn1)CC(=O)NC. The molecule has 19 heavy (non-hydrogen) atoms. The molecule has 0 aliphatic carbocycles. The van der Waals surface area contributed by atoms with E-state index >= 15 is 0 Å². The van der Waals surface area contributed by atoms with Gasteiger partial charge in [-0.05, 0) is 6.54 Å². The predicted octanol–water partition coefficient (Wildman–Crippen LogP) is -2.05. The number of nitrogens with zero attached hydrogens (tertiary/aromatic N) is 4. The summed E-state index contributed by atoms with van der Waals surface area (Å²) in [6.07, 6.45) is 1.51. The maximum Gasteiger partial charge on any atom is 0.287 e. The van der Waals surface area contributed by atoms with E-state index in [0.29, 0.717) is 19.6 Å². The number of hydrogen-bond acceptors (Lipinski definition) is 6. The van der Waals surface area contributed by atoms with Crippen LogP contribution in [0.2, 0.25) is 0 Å². The Labute approximate surface area is 111 Å². The molecule has 0 unspecified atom stereocenters. The first-order chi connectivity index (χ1) is 9.10. The minimum atomic E-state index is -0.482. The van der Waals surface area contributed by atoms with Gasteiger partial charge in [0.25, 0.3) is 5.91 Å². The van der Waals surface area contributed by atoms with E-state index in [9.17, 15) is 9.59 Å². The zero-order valence-electron chi connectivity index (χ0n) is 11.1. The second-order valence-corrected chi connectivity index (χ2v) is 3.88. The second-order valence-electron chi connectivity index (χ2n) is 3.88. The summed E-state index contributed by atoms with van der Waals surface area (Å²) in [4.78, 5) is 24.4. The van der Waals surface area contributed by atoms with Gasteiger partial charge in [0.2, 0.25) is 5.91 Å². The van der Waals surface area contributed by atoms with E-state index < -0.39 is 5.91 Å². The minimum Gasteiger partial charge on any atom is -0.358 e. The molecule has 0 aliphatic rings. The average Bonchev–Trinajstić information content (AvgIpc) is 2.90. The van der Waals surface area contributed by atoms with Gasteiger partial charge in [-0.2, -0.15) is 0 Å². The summed E-state index contributed by atoms with van der Waals surface area (Å²) in [7, 11) is 1.60. The highest BCUT2D eigenvalue weighted by Gasteiger charge is 2.11. The molecule has 0 aromatic carbocycles. The number of amides is 2. The van der Waals surface area contributed by atoms with Gasteiger partial charge < -0.3 is 5.32 Å². The molecule has 9 heteroatoms. The van der Waals surface area contributed by atoms with Crippen molar-refractivity contribution >= 4 is 11.8 Å². The normalized spacial score (nSPS) is 10.5. The molecule has 0 aliphatic heterocycles. The van der Waals surface area contributed by atoms with Gasteiger partial charge in [0, 0.05) is 13.6 Å². The van der Waals surface area contributed by atoms with Crippen molar-refractivity contribution in [3.63, 3.8) is 0 Å². The highest BCUT2D eigenvalue weighted by atomic mass is 16.2. The number of hydrogen-bond donors (Lipinski definition) is 3. The third-order valence-electron chi connectivity index (χ3n) is 2.64. The fourth-order valence-electron chi connectivity index (χ4n) is 1.46. The highest BCUT2D eigenvalue weighted by Crippen LogP contribution is 1.94. The summed E-state index contributed by atoms with van der Waals surface area (Å²) in [6, 6.07) is 0. The van der Waals surface area contributed by atoms with Gasteiger partial charge in [-0.25, -0.2) is 5.84 Å². The molecule has 0 atom stereocenters. The van der Waals surface area contributed by atoms with Crippen LogP contribution in [-0.4, -0.2) is 58.4 Å². The first-order valence-electron chi connectivity index (χ1n) is 5.94. The van der Waals surface area contributed by atoms with Crippen LogP contribution >= 0.6 is 0 Å². The number of rotatable bonds is 7. The van der Waals surface area contributed by atoms with Gasteiger partial charge in [0.1, 0.15) is 0 Å². The molecule has 106 valence electrons. The Kier molecular flexibility index (Phi) is 5.90. The molecule has 2 amide bonds. The van der Waals surface area contributed by atoms with E-state index in [1.165, 1.54) is 10.9 Å². The summed E-state index contributed by atoms with van der Waals surface area (Å²) in [5.41, 5.74) is 2.15. The van der Waals surface area contributed by atoms with Crippen LogP contribution in [0.4, 0.5) is 0 Å². The molecule has 1 heterocycles. The number of carbonyl (C=O) groups excluding carboxylic acids is 2. The number of likely N-dealkylation sites (N-methyl/N-ethyl adjacent to an activating group) is 2. The Balaban J connectivity index is 2.48. The molecule has 0 saturated carbocycles. The third kappa shape index (κ3) is 4.64. The van der Waals surface area contributed by atoms with E-state index in [4.69, 9.17) is 5.84 Å². The largest absolute Gasteiger partial charge is 0.358 e. The van der Waals surface area contributed by atoms with Gasteiger partial charge in [0.05, 0.1) is 19.3 Å².